The lowest BCUT2D eigenvalue weighted by atomic mass is 10.2. The molecule has 1 unspecified atom stereocenters. The lowest BCUT2D eigenvalue weighted by molar-refractivity contribution is -0.145. The monoisotopic (exact) mass is 239 g/mol. The van der Waals surface area contributed by atoms with Crippen LogP contribution in [0.3, 0.4) is 0 Å². The molecular formula is C10H13N3O2S. The van der Waals surface area contributed by atoms with Crippen molar-refractivity contribution in [3.05, 3.63) is 16.1 Å². The zero-order chi connectivity index (χ0) is 11.7. The summed E-state index contributed by atoms with van der Waals surface area (Å²) in [6.07, 6.45) is 1.76. The second-order valence-electron chi connectivity index (χ2n) is 3.76. The normalized spacial score (nSPS) is 21.1. The third-order valence-electron chi connectivity index (χ3n) is 2.58. The lowest BCUT2D eigenvalue weighted by Crippen LogP contribution is -2.56. The van der Waals surface area contributed by atoms with Gasteiger partial charge in [0.25, 0.3) is 0 Å². The van der Waals surface area contributed by atoms with Crippen molar-refractivity contribution in [2.75, 3.05) is 6.54 Å². The molecule has 1 N–H and O–H groups in total. The number of carbonyl (C=O) groups is 2. The first-order valence-electron chi connectivity index (χ1n) is 5.06. The number of piperazine rings is 1. The van der Waals surface area contributed by atoms with E-state index < -0.39 is 6.04 Å². The topological polar surface area (TPSA) is 62.3 Å². The maximum Gasteiger partial charge on any atom is 0.242 e. The third kappa shape index (κ3) is 2.06. The smallest absolute Gasteiger partial charge is 0.242 e. The van der Waals surface area contributed by atoms with Crippen molar-refractivity contribution in [3.63, 3.8) is 0 Å². The fraction of sp³-hybridized carbons (Fsp3) is 0.500. The summed E-state index contributed by atoms with van der Waals surface area (Å²) in [5, 5.41) is 3.53. The first-order valence-corrected chi connectivity index (χ1v) is 5.88. The second-order valence-corrected chi connectivity index (χ2v) is 5.08. The Bertz CT molecular complexity index is 429. The Hall–Kier alpha value is -1.43. The van der Waals surface area contributed by atoms with E-state index in [4.69, 9.17) is 0 Å². The minimum atomic E-state index is -0.399. The predicted molar refractivity (Wildman–Crippen MR) is 59.9 cm³/mol. The number of hydrogen-bond donors (Lipinski definition) is 1. The molecule has 0 aliphatic carbocycles. The molecule has 1 saturated heterocycles. The molecule has 0 aromatic carbocycles. The molecule has 1 fully saturated rings. The molecule has 0 radical (unpaired) electrons. The zero-order valence-electron chi connectivity index (χ0n) is 9.19. The van der Waals surface area contributed by atoms with Gasteiger partial charge >= 0.3 is 0 Å². The third-order valence-corrected chi connectivity index (χ3v) is 3.47. The molecular weight excluding hydrogens is 226 g/mol. The highest BCUT2D eigenvalue weighted by atomic mass is 32.1. The van der Waals surface area contributed by atoms with E-state index in [0.717, 1.165) is 9.88 Å². The van der Waals surface area contributed by atoms with Gasteiger partial charge in [-0.25, -0.2) is 4.98 Å². The van der Waals surface area contributed by atoms with E-state index in [1.54, 1.807) is 29.4 Å². The molecule has 1 aromatic rings. The van der Waals surface area contributed by atoms with E-state index in [0.29, 0.717) is 6.54 Å². The first kappa shape index (κ1) is 11.1. The van der Waals surface area contributed by atoms with Crippen molar-refractivity contribution >= 4 is 23.2 Å². The van der Waals surface area contributed by atoms with E-state index in [2.05, 4.69) is 10.3 Å². The Morgan fingerprint density at radius 1 is 1.62 bits per heavy atom. The molecule has 2 heterocycles. The van der Waals surface area contributed by atoms with Crippen molar-refractivity contribution in [2.24, 2.45) is 0 Å². The zero-order valence-corrected chi connectivity index (χ0v) is 10.0. The highest BCUT2D eigenvalue weighted by molar-refractivity contribution is 7.11. The van der Waals surface area contributed by atoms with Crippen LogP contribution in [-0.2, 0) is 16.1 Å². The Labute approximate surface area is 97.5 Å². The maximum absolute atomic E-state index is 11.7. The van der Waals surface area contributed by atoms with Crippen LogP contribution in [0.5, 0.6) is 0 Å². The minimum Gasteiger partial charge on any atom is -0.345 e. The average molecular weight is 239 g/mol. The van der Waals surface area contributed by atoms with Crippen LogP contribution in [0.25, 0.3) is 0 Å². The Morgan fingerprint density at radius 3 is 3.00 bits per heavy atom. The van der Waals surface area contributed by atoms with Crippen molar-refractivity contribution in [1.29, 1.82) is 0 Å². The average Bonchev–Trinajstić information content (AvgIpc) is 2.65. The van der Waals surface area contributed by atoms with Gasteiger partial charge in [-0.15, -0.1) is 11.3 Å². The number of hydrogen-bond acceptors (Lipinski definition) is 4. The quantitative estimate of drug-likeness (QED) is 0.807. The fourth-order valence-corrected chi connectivity index (χ4v) is 2.43. The molecule has 1 atom stereocenters. The highest BCUT2D eigenvalue weighted by Crippen LogP contribution is 2.17. The van der Waals surface area contributed by atoms with Crippen molar-refractivity contribution < 1.29 is 9.59 Å². The fourth-order valence-electron chi connectivity index (χ4n) is 1.64. The van der Waals surface area contributed by atoms with Crippen LogP contribution in [0, 0.1) is 6.92 Å². The van der Waals surface area contributed by atoms with Gasteiger partial charge in [-0.3, -0.25) is 9.59 Å². The Morgan fingerprint density at radius 2 is 2.38 bits per heavy atom. The molecule has 0 spiro atoms. The summed E-state index contributed by atoms with van der Waals surface area (Å²) >= 11 is 1.55. The summed E-state index contributed by atoms with van der Waals surface area (Å²) < 4.78 is 0. The number of nitrogens with one attached hydrogen (secondary N) is 1. The summed E-state index contributed by atoms with van der Waals surface area (Å²) in [6, 6.07) is -0.399. The molecule has 86 valence electrons. The van der Waals surface area contributed by atoms with Gasteiger partial charge in [0, 0.05) is 11.1 Å². The molecule has 1 aromatic heterocycles. The number of aromatic nitrogens is 1. The molecule has 2 rings (SSSR count). The Balaban J connectivity index is 2.12. The first-order chi connectivity index (χ1) is 7.58. The second kappa shape index (κ2) is 4.21. The summed E-state index contributed by atoms with van der Waals surface area (Å²) in [5.41, 5.74) is 0. The molecule has 5 nitrogen and oxygen atoms in total. The van der Waals surface area contributed by atoms with Gasteiger partial charge in [-0.1, -0.05) is 0 Å². The van der Waals surface area contributed by atoms with Gasteiger partial charge < -0.3 is 10.2 Å². The maximum atomic E-state index is 11.7. The van der Waals surface area contributed by atoms with Gasteiger partial charge in [0.05, 0.1) is 18.1 Å². The van der Waals surface area contributed by atoms with E-state index in [9.17, 15) is 9.59 Å². The molecule has 6 heteroatoms. The number of nitrogens with zero attached hydrogens (tertiary/aromatic N) is 2. The van der Waals surface area contributed by atoms with Crippen LogP contribution in [0.2, 0.25) is 0 Å². The van der Waals surface area contributed by atoms with E-state index in [-0.39, 0.29) is 18.4 Å². The van der Waals surface area contributed by atoms with E-state index in [1.165, 1.54) is 0 Å². The van der Waals surface area contributed by atoms with Crippen molar-refractivity contribution in [2.45, 2.75) is 26.4 Å². The van der Waals surface area contributed by atoms with Gasteiger partial charge in [0.15, 0.2) is 0 Å². The number of rotatable bonds is 2. The van der Waals surface area contributed by atoms with Crippen LogP contribution in [0.4, 0.5) is 0 Å². The Kier molecular flexibility index (Phi) is 2.91. The molecule has 0 saturated carbocycles. The highest BCUT2D eigenvalue weighted by Gasteiger charge is 2.30. The van der Waals surface area contributed by atoms with Crippen LogP contribution in [-0.4, -0.2) is 34.3 Å². The lowest BCUT2D eigenvalue weighted by Gasteiger charge is -2.32. The summed E-state index contributed by atoms with van der Waals surface area (Å²) in [6.45, 7) is 4.22. The van der Waals surface area contributed by atoms with Crippen molar-refractivity contribution in [1.82, 2.24) is 15.2 Å². The number of aryl methyl sites for hydroxylation is 1. The number of carbonyl (C=O) groups excluding carboxylic acids is 2. The van der Waals surface area contributed by atoms with Gasteiger partial charge in [0.1, 0.15) is 6.04 Å². The van der Waals surface area contributed by atoms with Crippen LogP contribution < -0.4 is 5.32 Å². The minimum absolute atomic E-state index is 0.0434. The van der Waals surface area contributed by atoms with E-state index in [1.807, 2.05) is 6.92 Å². The summed E-state index contributed by atoms with van der Waals surface area (Å²) in [7, 11) is 0. The standard InChI is InChI=1S/C10H13N3O2S/c1-6-10(15)12-4-9(14)13(6)5-8-3-11-7(2)16-8/h3,6H,4-5H2,1-2H3,(H,12,15). The van der Waals surface area contributed by atoms with Crippen LogP contribution in [0.15, 0.2) is 6.20 Å². The molecule has 16 heavy (non-hydrogen) atoms. The predicted octanol–water partition coefficient (Wildman–Crippen LogP) is 0.298. The molecule has 1 aliphatic rings. The summed E-state index contributed by atoms with van der Waals surface area (Å²) in [4.78, 5) is 29.8. The van der Waals surface area contributed by atoms with Crippen LogP contribution >= 0.6 is 11.3 Å². The van der Waals surface area contributed by atoms with Gasteiger partial charge in [-0.05, 0) is 13.8 Å². The van der Waals surface area contributed by atoms with Crippen molar-refractivity contribution in [3.8, 4) is 0 Å². The number of amides is 2. The molecule has 1 aliphatic heterocycles. The SMILES string of the molecule is Cc1ncc(CN2C(=O)CNC(=O)C2C)s1. The van der Waals surface area contributed by atoms with Gasteiger partial charge in [0.2, 0.25) is 11.8 Å². The number of thiazole rings is 1. The van der Waals surface area contributed by atoms with E-state index >= 15 is 0 Å². The molecule has 2 amide bonds. The summed E-state index contributed by atoms with van der Waals surface area (Å²) in [5.74, 6) is -0.140. The van der Waals surface area contributed by atoms with Gasteiger partial charge in [-0.2, -0.15) is 0 Å². The molecule has 0 bridgehead atoms. The largest absolute Gasteiger partial charge is 0.345 e. The van der Waals surface area contributed by atoms with Crippen LogP contribution in [0.1, 0.15) is 16.8 Å².